The minimum Gasteiger partial charge on any atom is -0.291 e. The van der Waals surface area contributed by atoms with Crippen LogP contribution in [0.5, 0.6) is 0 Å². The van der Waals surface area contributed by atoms with Gasteiger partial charge in [0.15, 0.2) is 11.6 Å². The number of rotatable bonds is 3. The van der Waals surface area contributed by atoms with Crippen molar-refractivity contribution >= 4 is 5.78 Å². The zero-order chi connectivity index (χ0) is 12.3. The molecule has 86 valence electrons. The molecular formula is C14H14N2O. The molecule has 0 unspecified atom stereocenters. The molecule has 0 atom stereocenters. The average Bonchev–Trinajstić information content (AvgIpc) is 2.39. The van der Waals surface area contributed by atoms with Crippen molar-refractivity contribution in [3.8, 4) is 11.3 Å². The molecule has 0 aliphatic rings. The van der Waals surface area contributed by atoms with Gasteiger partial charge in [-0.3, -0.25) is 4.79 Å². The van der Waals surface area contributed by atoms with Crippen LogP contribution in [0.1, 0.15) is 30.0 Å². The third kappa shape index (κ3) is 2.56. The molecule has 0 N–H and O–H groups in total. The molecule has 17 heavy (non-hydrogen) atoms. The molecule has 3 heteroatoms. The first-order chi connectivity index (χ1) is 8.20. The molecule has 1 heterocycles. The number of aryl methyl sites for hydroxylation is 1. The number of carbonyl (C=O) groups excluding carboxylic acids is 1. The molecular weight excluding hydrogens is 212 g/mol. The van der Waals surface area contributed by atoms with E-state index in [0.29, 0.717) is 0 Å². The van der Waals surface area contributed by atoms with Crippen molar-refractivity contribution in [3.05, 3.63) is 47.9 Å². The van der Waals surface area contributed by atoms with Crippen LogP contribution in [0.2, 0.25) is 0 Å². The number of aromatic nitrogens is 2. The lowest BCUT2D eigenvalue weighted by molar-refractivity contribution is 0.100. The van der Waals surface area contributed by atoms with E-state index in [1.807, 2.05) is 18.2 Å². The molecule has 0 saturated heterocycles. The molecule has 1 aromatic heterocycles. The van der Waals surface area contributed by atoms with E-state index >= 15 is 0 Å². The summed E-state index contributed by atoms with van der Waals surface area (Å²) in [7, 11) is 0. The molecule has 0 aliphatic carbocycles. The molecule has 3 nitrogen and oxygen atoms in total. The van der Waals surface area contributed by atoms with Crippen LogP contribution in [0.25, 0.3) is 11.3 Å². The summed E-state index contributed by atoms with van der Waals surface area (Å²) in [6.07, 6.45) is 2.63. The predicted molar refractivity (Wildman–Crippen MR) is 66.9 cm³/mol. The van der Waals surface area contributed by atoms with E-state index in [-0.39, 0.29) is 11.6 Å². The Morgan fingerprint density at radius 3 is 2.47 bits per heavy atom. The Hall–Kier alpha value is -2.03. The van der Waals surface area contributed by atoms with Gasteiger partial charge in [0.25, 0.3) is 0 Å². The van der Waals surface area contributed by atoms with E-state index in [1.165, 1.54) is 12.5 Å². The van der Waals surface area contributed by atoms with Crippen LogP contribution in [-0.4, -0.2) is 15.8 Å². The van der Waals surface area contributed by atoms with Crippen LogP contribution in [0.3, 0.4) is 0 Å². The van der Waals surface area contributed by atoms with Crippen molar-refractivity contribution in [2.75, 3.05) is 0 Å². The molecule has 0 radical (unpaired) electrons. The van der Waals surface area contributed by atoms with Gasteiger partial charge in [-0.2, -0.15) is 0 Å². The number of Topliss-reactive ketones (excluding diaryl/α,β-unsaturated/α-hetero) is 1. The maximum atomic E-state index is 11.2. The highest BCUT2D eigenvalue weighted by Gasteiger charge is 2.05. The summed E-state index contributed by atoms with van der Waals surface area (Å²) in [5.41, 5.74) is 3.08. The van der Waals surface area contributed by atoms with Gasteiger partial charge in [-0.25, -0.2) is 9.97 Å². The SMILES string of the molecule is CCc1ccc(-c2ccnc(C(C)=O)n2)cc1. The minimum atomic E-state index is -0.114. The number of hydrogen-bond donors (Lipinski definition) is 0. The Kier molecular flexibility index (Phi) is 3.28. The van der Waals surface area contributed by atoms with Gasteiger partial charge in [0.1, 0.15) is 0 Å². The molecule has 0 spiro atoms. The number of hydrogen-bond acceptors (Lipinski definition) is 3. The topological polar surface area (TPSA) is 42.9 Å². The summed E-state index contributed by atoms with van der Waals surface area (Å²) >= 11 is 0. The molecule has 2 rings (SSSR count). The maximum absolute atomic E-state index is 11.2. The number of ketones is 1. The normalized spacial score (nSPS) is 10.2. The first-order valence-electron chi connectivity index (χ1n) is 5.64. The first-order valence-corrected chi connectivity index (χ1v) is 5.64. The van der Waals surface area contributed by atoms with Gasteiger partial charge in [0.2, 0.25) is 0 Å². The second-order valence-electron chi connectivity index (χ2n) is 3.87. The van der Waals surface area contributed by atoms with Gasteiger partial charge in [-0.1, -0.05) is 31.2 Å². The second-order valence-corrected chi connectivity index (χ2v) is 3.87. The summed E-state index contributed by atoms with van der Waals surface area (Å²) in [5, 5.41) is 0. The lowest BCUT2D eigenvalue weighted by Crippen LogP contribution is -2.01. The highest BCUT2D eigenvalue weighted by atomic mass is 16.1. The van der Waals surface area contributed by atoms with Crippen LogP contribution in [0, 0.1) is 0 Å². The van der Waals surface area contributed by atoms with Crippen molar-refractivity contribution in [1.82, 2.24) is 9.97 Å². The van der Waals surface area contributed by atoms with Gasteiger partial charge in [0.05, 0.1) is 5.69 Å². The van der Waals surface area contributed by atoms with Crippen molar-refractivity contribution in [2.24, 2.45) is 0 Å². The van der Waals surface area contributed by atoms with Crippen molar-refractivity contribution in [2.45, 2.75) is 20.3 Å². The second kappa shape index (κ2) is 4.87. The molecule has 1 aromatic carbocycles. The van der Waals surface area contributed by atoms with E-state index in [9.17, 15) is 4.79 Å². The van der Waals surface area contributed by atoms with Gasteiger partial charge >= 0.3 is 0 Å². The van der Waals surface area contributed by atoms with Gasteiger partial charge in [-0.05, 0) is 18.1 Å². The molecule has 0 bridgehead atoms. The van der Waals surface area contributed by atoms with E-state index in [0.717, 1.165) is 17.7 Å². The Morgan fingerprint density at radius 2 is 1.88 bits per heavy atom. The third-order valence-corrected chi connectivity index (χ3v) is 2.63. The summed E-state index contributed by atoms with van der Waals surface area (Å²) in [4.78, 5) is 19.4. The van der Waals surface area contributed by atoms with Crippen LogP contribution >= 0.6 is 0 Å². The van der Waals surface area contributed by atoms with Crippen LogP contribution < -0.4 is 0 Å². The summed E-state index contributed by atoms with van der Waals surface area (Å²) < 4.78 is 0. The largest absolute Gasteiger partial charge is 0.291 e. The molecule has 0 saturated carbocycles. The monoisotopic (exact) mass is 226 g/mol. The number of nitrogens with zero attached hydrogens (tertiary/aromatic N) is 2. The van der Waals surface area contributed by atoms with E-state index in [2.05, 4.69) is 29.0 Å². The Labute approximate surface area is 101 Å². The lowest BCUT2D eigenvalue weighted by atomic mass is 10.1. The fourth-order valence-electron chi connectivity index (χ4n) is 1.60. The van der Waals surface area contributed by atoms with Crippen LogP contribution in [0.15, 0.2) is 36.5 Å². The highest BCUT2D eigenvalue weighted by Crippen LogP contribution is 2.17. The molecule has 2 aromatic rings. The Bertz CT molecular complexity index is 532. The van der Waals surface area contributed by atoms with E-state index in [1.54, 1.807) is 6.20 Å². The van der Waals surface area contributed by atoms with Crippen LogP contribution in [-0.2, 0) is 6.42 Å². The van der Waals surface area contributed by atoms with E-state index in [4.69, 9.17) is 0 Å². The van der Waals surface area contributed by atoms with Crippen molar-refractivity contribution < 1.29 is 4.79 Å². The Balaban J connectivity index is 2.38. The number of carbonyl (C=O) groups is 1. The fraction of sp³-hybridized carbons (Fsp3) is 0.214. The van der Waals surface area contributed by atoms with Crippen LogP contribution in [0.4, 0.5) is 0 Å². The van der Waals surface area contributed by atoms with Gasteiger partial charge < -0.3 is 0 Å². The lowest BCUT2D eigenvalue weighted by Gasteiger charge is -2.03. The average molecular weight is 226 g/mol. The van der Waals surface area contributed by atoms with Gasteiger partial charge in [-0.15, -0.1) is 0 Å². The quantitative estimate of drug-likeness (QED) is 0.756. The number of benzene rings is 1. The fourth-order valence-corrected chi connectivity index (χ4v) is 1.60. The maximum Gasteiger partial charge on any atom is 0.196 e. The Morgan fingerprint density at radius 1 is 1.18 bits per heavy atom. The summed E-state index contributed by atoms with van der Waals surface area (Å²) in [5.74, 6) is 0.152. The third-order valence-electron chi connectivity index (χ3n) is 2.63. The summed E-state index contributed by atoms with van der Waals surface area (Å²) in [6.45, 7) is 3.59. The van der Waals surface area contributed by atoms with E-state index < -0.39 is 0 Å². The smallest absolute Gasteiger partial charge is 0.196 e. The van der Waals surface area contributed by atoms with Crippen molar-refractivity contribution in [3.63, 3.8) is 0 Å². The molecule has 0 amide bonds. The van der Waals surface area contributed by atoms with Crippen molar-refractivity contribution in [1.29, 1.82) is 0 Å². The predicted octanol–water partition coefficient (Wildman–Crippen LogP) is 2.91. The van der Waals surface area contributed by atoms with Gasteiger partial charge in [0, 0.05) is 18.7 Å². The molecule has 0 aliphatic heterocycles. The zero-order valence-corrected chi connectivity index (χ0v) is 9.97. The highest BCUT2D eigenvalue weighted by molar-refractivity contribution is 5.90. The zero-order valence-electron chi connectivity index (χ0n) is 9.97. The summed E-state index contributed by atoms with van der Waals surface area (Å²) in [6, 6.07) is 10.00. The minimum absolute atomic E-state index is 0.114. The molecule has 0 fully saturated rings. The standard InChI is InChI=1S/C14H14N2O/c1-3-11-4-6-12(7-5-11)13-8-9-15-14(16-13)10(2)17/h4-9H,3H2,1-2H3. The first kappa shape index (κ1) is 11.5.